The molecule has 2 N–H and O–H groups in total. The highest BCUT2D eigenvalue weighted by molar-refractivity contribution is 5.77. The number of anilines is 4. The van der Waals surface area contributed by atoms with Crippen molar-refractivity contribution in [1.29, 1.82) is 0 Å². The van der Waals surface area contributed by atoms with Gasteiger partial charge in [-0.1, -0.05) is 51.1 Å². The van der Waals surface area contributed by atoms with Gasteiger partial charge in [0, 0.05) is 22.7 Å². The average Bonchev–Trinajstić information content (AvgIpc) is 2.58. The molecule has 0 amide bonds. The lowest BCUT2D eigenvalue weighted by molar-refractivity contribution is 0.590. The van der Waals surface area contributed by atoms with Crippen LogP contribution in [0.15, 0.2) is 78.9 Å². The van der Waals surface area contributed by atoms with Gasteiger partial charge < -0.3 is 10.6 Å². The summed E-state index contributed by atoms with van der Waals surface area (Å²) in [6.45, 7) is 6.70. The molecule has 0 bridgehead atoms. The predicted molar refractivity (Wildman–Crippen MR) is 104 cm³/mol. The van der Waals surface area contributed by atoms with Crippen LogP contribution in [0.1, 0.15) is 26.3 Å². The Balaban J connectivity index is 2.06. The molecule has 0 heterocycles. The van der Waals surface area contributed by atoms with Crippen molar-refractivity contribution in [2.75, 3.05) is 10.6 Å². The molecule has 0 aliphatic carbocycles. The van der Waals surface area contributed by atoms with Crippen molar-refractivity contribution in [2.45, 2.75) is 26.2 Å². The van der Waals surface area contributed by atoms with Crippen LogP contribution >= 0.6 is 0 Å². The van der Waals surface area contributed by atoms with E-state index in [1.165, 1.54) is 5.56 Å². The van der Waals surface area contributed by atoms with Crippen LogP contribution in [0.2, 0.25) is 0 Å². The Morgan fingerprint density at radius 3 is 1.58 bits per heavy atom. The van der Waals surface area contributed by atoms with E-state index in [9.17, 15) is 0 Å². The fraction of sp³-hybridized carbons (Fsp3) is 0.182. The maximum absolute atomic E-state index is 5.85. The van der Waals surface area contributed by atoms with Crippen LogP contribution in [-0.4, -0.2) is 0 Å². The number of hydrogen-bond acceptors (Lipinski definition) is 2. The van der Waals surface area contributed by atoms with Gasteiger partial charge in [0.15, 0.2) is 0 Å². The van der Waals surface area contributed by atoms with Crippen LogP contribution in [0.25, 0.3) is 0 Å². The second-order valence-electron chi connectivity index (χ2n) is 7.06. The molecule has 2 heteroatoms. The predicted octanol–water partition coefficient (Wildman–Crippen LogP) is 6.04. The molecule has 0 radical (unpaired) electrons. The van der Waals surface area contributed by atoms with Gasteiger partial charge in [-0.2, -0.15) is 0 Å². The maximum atomic E-state index is 5.85. The smallest absolute Gasteiger partial charge is 0.0463 e. The minimum atomic E-state index is 0.150. The molecule has 0 fully saturated rings. The summed E-state index contributed by atoms with van der Waals surface area (Å²) >= 11 is 0. The standard InChI is InChI=1S/C22H24N2/c1-22(2,3)17-9-13-20(14-10-17)24(19-7-5-4-6-8-19)21-15-11-18(23)12-16-21/h4-16H,23H2,1-3H3. The zero-order valence-corrected chi connectivity index (χ0v) is 14.5. The van der Waals surface area contributed by atoms with Crippen LogP contribution in [-0.2, 0) is 5.41 Å². The van der Waals surface area contributed by atoms with E-state index >= 15 is 0 Å². The number of nitrogen functional groups attached to an aromatic ring is 1. The minimum Gasteiger partial charge on any atom is -0.399 e. The first-order chi connectivity index (χ1) is 11.4. The van der Waals surface area contributed by atoms with E-state index in [1.807, 2.05) is 18.2 Å². The van der Waals surface area contributed by atoms with Gasteiger partial charge in [0.25, 0.3) is 0 Å². The molecule has 0 saturated heterocycles. The van der Waals surface area contributed by atoms with E-state index in [0.29, 0.717) is 0 Å². The monoisotopic (exact) mass is 316 g/mol. The summed E-state index contributed by atoms with van der Waals surface area (Å²) in [5.74, 6) is 0. The second kappa shape index (κ2) is 6.40. The Morgan fingerprint density at radius 1 is 0.625 bits per heavy atom. The third kappa shape index (κ3) is 3.43. The van der Waals surface area contributed by atoms with E-state index < -0.39 is 0 Å². The zero-order chi connectivity index (χ0) is 17.2. The molecule has 0 saturated carbocycles. The van der Waals surface area contributed by atoms with E-state index in [4.69, 9.17) is 5.73 Å². The van der Waals surface area contributed by atoms with E-state index in [-0.39, 0.29) is 5.41 Å². The summed E-state index contributed by atoms with van der Waals surface area (Å²) in [4.78, 5) is 2.24. The molecular formula is C22H24N2. The number of rotatable bonds is 3. The van der Waals surface area contributed by atoms with Gasteiger partial charge in [-0.3, -0.25) is 0 Å². The molecule has 3 aromatic rings. The minimum absolute atomic E-state index is 0.150. The summed E-state index contributed by atoms with van der Waals surface area (Å²) in [7, 11) is 0. The quantitative estimate of drug-likeness (QED) is 0.597. The first-order valence-electron chi connectivity index (χ1n) is 8.26. The van der Waals surface area contributed by atoms with E-state index in [1.54, 1.807) is 0 Å². The van der Waals surface area contributed by atoms with Gasteiger partial charge in [-0.15, -0.1) is 0 Å². The highest BCUT2D eigenvalue weighted by Gasteiger charge is 2.16. The van der Waals surface area contributed by atoms with Gasteiger partial charge in [-0.05, 0) is 59.5 Å². The van der Waals surface area contributed by atoms with Gasteiger partial charge in [0.05, 0.1) is 0 Å². The van der Waals surface area contributed by atoms with Crippen molar-refractivity contribution < 1.29 is 0 Å². The summed E-state index contributed by atoms with van der Waals surface area (Å²) < 4.78 is 0. The molecule has 3 aromatic carbocycles. The lowest BCUT2D eigenvalue weighted by atomic mass is 9.87. The largest absolute Gasteiger partial charge is 0.399 e. The van der Waals surface area contributed by atoms with Crippen LogP contribution in [0.4, 0.5) is 22.7 Å². The second-order valence-corrected chi connectivity index (χ2v) is 7.06. The number of nitrogens with zero attached hydrogens (tertiary/aromatic N) is 1. The van der Waals surface area contributed by atoms with Crippen molar-refractivity contribution >= 4 is 22.7 Å². The molecule has 0 atom stereocenters. The molecular weight excluding hydrogens is 292 g/mol. The summed E-state index contributed by atoms with van der Waals surface area (Å²) in [5, 5.41) is 0. The van der Waals surface area contributed by atoms with Crippen molar-refractivity contribution in [1.82, 2.24) is 0 Å². The Labute approximate surface area is 144 Å². The Bertz CT molecular complexity index is 782. The average molecular weight is 316 g/mol. The zero-order valence-electron chi connectivity index (χ0n) is 14.5. The van der Waals surface area contributed by atoms with Gasteiger partial charge in [-0.25, -0.2) is 0 Å². The molecule has 3 rings (SSSR count). The molecule has 0 unspecified atom stereocenters. The Hall–Kier alpha value is -2.74. The first kappa shape index (κ1) is 16.1. The molecule has 24 heavy (non-hydrogen) atoms. The Morgan fingerprint density at radius 2 is 1.08 bits per heavy atom. The van der Waals surface area contributed by atoms with Crippen LogP contribution in [0, 0.1) is 0 Å². The van der Waals surface area contributed by atoms with Gasteiger partial charge in [0.2, 0.25) is 0 Å². The first-order valence-corrected chi connectivity index (χ1v) is 8.26. The molecule has 0 aliphatic heterocycles. The maximum Gasteiger partial charge on any atom is 0.0463 e. The number of hydrogen-bond donors (Lipinski definition) is 1. The van der Waals surface area contributed by atoms with Crippen LogP contribution < -0.4 is 10.6 Å². The third-order valence-electron chi connectivity index (χ3n) is 4.16. The normalized spacial score (nSPS) is 11.3. The third-order valence-corrected chi connectivity index (χ3v) is 4.16. The lowest BCUT2D eigenvalue weighted by Gasteiger charge is -2.27. The van der Waals surface area contributed by atoms with E-state index in [0.717, 1.165) is 22.7 Å². The highest BCUT2D eigenvalue weighted by Crippen LogP contribution is 2.35. The highest BCUT2D eigenvalue weighted by atomic mass is 15.1. The van der Waals surface area contributed by atoms with Crippen molar-refractivity contribution in [3.63, 3.8) is 0 Å². The SMILES string of the molecule is CC(C)(C)c1ccc(N(c2ccccc2)c2ccc(N)cc2)cc1. The topological polar surface area (TPSA) is 29.3 Å². The molecule has 2 nitrogen and oxygen atoms in total. The van der Waals surface area contributed by atoms with Crippen LogP contribution in [0.5, 0.6) is 0 Å². The molecule has 0 spiro atoms. The number of benzene rings is 3. The van der Waals surface area contributed by atoms with Crippen molar-refractivity contribution in [2.24, 2.45) is 0 Å². The van der Waals surface area contributed by atoms with E-state index in [2.05, 4.69) is 86.3 Å². The number of para-hydroxylation sites is 1. The summed E-state index contributed by atoms with van der Waals surface area (Å²) in [6, 6.07) is 27.2. The van der Waals surface area contributed by atoms with Crippen molar-refractivity contribution in [3.8, 4) is 0 Å². The molecule has 0 aromatic heterocycles. The van der Waals surface area contributed by atoms with Gasteiger partial charge >= 0.3 is 0 Å². The van der Waals surface area contributed by atoms with Crippen LogP contribution in [0.3, 0.4) is 0 Å². The fourth-order valence-electron chi connectivity index (χ4n) is 2.76. The van der Waals surface area contributed by atoms with Gasteiger partial charge in [0.1, 0.15) is 0 Å². The lowest BCUT2D eigenvalue weighted by Crippen LogP contribution is -2.13. The van der Waals surface area contributed by atoms with Crippen molar-refractivity contribution in [3.05, 3.63) is 84.4 Å². The summed E-state index contributed by atoms with van der Waals surface area (Å²) in [6.07, 6.45) is 0. The Kier molecular flexibility index (Phi) is 4.30. The molecule has 122 valence electrons. The fourth-order valence-corrected chi connectivity index (χ4v) is 2.76. The summed E-state index contributed by atoms with van der Waals surface area (Å²) in [5.41, 5.74) is 11.5. The number of nitrogens with two attached hydrogens (primary N) is 1. The molecule has 0 aliphatic rings.